The number of likely N-dealkylation sites (tertiary alicyclic amines) is 1. The van der Waals surface area contributed by atoms with Gasteiger partial charge in [-0.25, -0.2) is 0 Å². The van der Waals surface area contributed by atoms with Gasteiger partial charge in [0.1, 0.15) is 0 Å². The van der Waals surface area contributed by atoms with Gasteiger partial charge in [-0.15, -0.1) is 16.4 Å². The molecule has 1 fully saturated rings. The molecule has 1 atom stereocenters. The van der Waals surface area contributed by atoms with Crippen molar-refractivity contribution in [1.29, 1.82) is 0 Å². The van der Waals surface area contributed by atoms with Crippen molar-refractivity contribution in [3.63, 3.8) is 0 Å². The lowest BCUT2D eigenvalue weighted by Crippen LogP contribution is -2.45. The van der Waals surface area contributed by atoms with Gasteiger partial charge in [-0.05, 0) is 83.8 Å². The number of rotatable bonds is 6. The molecule has 0 radical (unpaired) electrons. The Balaban J connectivity index is 1.63. The van der Waals surface area contributed by atoms with Gasteiger partial charge in [0.2, 0.25) is 0 Å². The second-order valence-corrected chi connectivity index (χ2v) is 11.4. The normalized spacial score (nSPS) is 17.5. The average molecular weight is 519 g/mol. The highest BCUT2D eigenvalue weighted by Crippen LogP contribution is 2.41. The van der Waals surface area contributed by atoms with Gasteiger partial charge < -0.3 is 10.2 Å². The number of ketones is 1. The lowest BCUT2D eigenvalue weighted by molar-refractivity contribution is -0.138. The van der Waals surface area contributed by atoms with Gasteiger partial charge in [-0.3, -0.25) is 4.79 Å². The van der Waals surface area contributed by atoms with Gasteiger partial charge in [-0.1, -0.05) is 19.1 Å². The zero-order valence-corrected chi connectivity index (χ0v) is 22.4. The van der Waals surface area contributed by atoms with Crippen LogP contribution in [0.3, 0.4) is 0 Å². The summed E-state index contributed by atoms with van der Waals surface area (Å²) in [6, 6.07) is 6.10. The molecule has 3 heterocycles. The summed E-state index contributed by atoms with van der Waals surface area (Å²) in [5, 5.41) is 12.6. The maximum atomic E-state index is 13.6. The number of Topliss-reactive ketones (excluding diaryl/α,β-unsaturated/α-hetero) is 1. The van der Waals surface area contributed by atoms with Crippen molar-refractivity contribution in [2.75, 3.05) is 18.4 Å². The van der Waals surface area contributed by atoms with Gasteiger partial charge >= 0.3 is 6.18 Å². The van der Waals surface area contributed by atoms with Gasteiger partial charge in [0.25, 0.3) is 0 Å². The van der Waals surface area contributed by atoms with E-state index < -0.39 is 23.2 Å². The molecule has 1 N–H and O–H groups in total. The number of benzene rings is 1. The predicted octanol–water partition coefficient (Wildman–Crippen LogP) is 7.19. The topological polar surface area (TPSA) is 58.1 Å². The molecule has 1 aliphatic heterocycles. The van der Waals surface area contributed by atoms with Gasteiger partial charge in [0, 0.05) is 16.8 Å². The number of alkyl halides is 3. The van der Waals surface area contributed by atoms with Crippen LogP contribution in [0, 0.1) is 19.3 Å². The van der Waals surface area contributed by atoms with Crippen LogP contribution >= 0.6 is 11.3 Å². The van der Waals surface area contributed by atoms with E-state index in [1.54, 1.807) is 13.0 Å². The molecule has 3 aromatic rings. The molecule has 1 aromatic carbocycles. The highest BCUT2D eigenvalue weighted by molar-refractivity contribution is 7.21. The molecule has 0 spiro atoms. The molecule has 0 aliphatic carbocycles. The Bertz CT molecular complexity index is 1280. The lowest BCUT2D eigenvalue weighted by Gasteiger charge is -2.39. The highest BCUT2D eigenvalue weighted by Gasteiger charge is 2.39. The van der Waals surface area contributed by atoms with Gasteiger partial charge in [0.15, 0.2) is 11.6 Å². The van der Waals surface area contributed by atoms with E-state index in [4.69, 9.17) is 0 Å². The number of piperidine rings is 1. The smallest absolute Gasteiger partial charge is 0.362 e. The number of anilines is 1. The number of carbonyl (C=O) groups is 1. The number of aromatic nitrogens is 2. The molecule has 194 valence electrons. The zero-order chi connectivity index (χ0) is 26.4. The fourth-order valence-electron chi connectivity index (χ4n) is 5.05. The Hall–Kier alpha value is -2.52. The van der Waals surface area contributed by atoms with Crippen LogP contribution in [-0.4, -0.2) is 40.0 Å². The van der Waals surface area contributed by atoms with Crippen molar-refractivity contribution in [2.24, 2.45) is 5.41 Å². The molecule has 1 saturated heterocycles. The van der Waals surface area contributed by atoms with E-state index in [9.17, 15) is 18.0 Å². The number of aryl methyl sites for hydroxylation is 1. The van der Waals surface area contributed by atoms with Crippen LogP contribution in [-0.2, 0) is 6.18 Å². The summed E-state index contributed by atoms with van der Waals surface area (Å²) in [5.41, 5.74) is 0.382. The third-order valence-corrected chi connectivity index (χ3v) is 8.76. The SMILES string of the molecule is Cc1c([C@@H](C)Nc2nnc(C)c3sc(C(=O)C4(C)CCN(C(C)C)CC4)cc23)cccc1C(F)(F)F. The van der Waals surface area contributed by atoms with E-state index in [0.29, 0.717) is 22.3 Å². The second kappa shape index (κ2) is 9.74. The number of hydrogen-bond donors (Lipinski definition) is 1. The van der Waals surface area contributed by atoms with Crippen molar-refractivity contribution >= 4 is 33.0 Å². The molecule has 0 unspecified atom stereocenters. The van der Waals surface area contributed by atoms with Crippen LogP contribution in [0.1, 0.15) is 78.6 Å². The van der Waals surface area contributed by atoms with Crippen molar-refractivity contribution in [3.05, 3.63) is 51.5 Å². The summed E-state index contributed by atoms with van der Waals surface area (Å²) in [6.07, 6.45) is -2.80. The molecule has 2 aromatic heterocycles. The Morgan fingerprint density at radius 3 is 2.42 bits per heavy atom. The van der Waals surface area contributed by atoms with Crippen LogP contribution in [0.25, 0.3) is 10.1 Å². The number of carbonyl (C=O) groups excluding carboxylic acids is 1. The Morgan fingerprint density at radius 1 is 1.14 bits per heavy atom. The Morgan fingerprint density at radius 2 is 1.81 bits per heavy atom. The summed E-state index contributed by atoms with van der Waals surface area (Å²) in [4.78, 5) is 16.7. The maximum Gasteiger partial charge on any atom is 0.416 e. The van der Waals surface area contributed by atoms with Gasteiger partial charge in [-0.2, -0.15) is 18.3 Å². The number of thiophene rings is 1. The van der Waals surface area contributed by atoms with E-state index in [1.807, 2.05) is 13.0 Å². The molecule has 0 saturated carbocycles. The van der Waals surface area contributed by atoms with E-state index in [0.717, 1.165) is 47.8 Å². The first kappa shape index (κ1) is 26.5. The van der Waals surface area contributed by atoms with Gasteiger partial charge in [0.05, 0.1) is 26.9 Å². The van der Waals surface area contributed by atoms with Crippen molar-refractivity contribution in [1.82, 2.24) is 15.1 Å². The quantitative estimate of drug-likeness (QED) is 0.350. The molecule has 0 amide bonds. The minimum Gasteiger partial charge on any atom is -0.362 e. The largest absolute Gasteiger partial charge is 0.416 e. The molecule has 0 bridgehead atoms. The Labute approximate surface area is 214 Å². The van der Waals surface area contributed by atoms with Crippen molar-refractivity contribution < 1.29 is 18.0 Å². The monoisotopic (exact) mass is 518 g/mol. The van der Waals surface area contributed by atoms with E-state index >= 15 is 0 Å². The number of fused-ring (bicyclic) bond motifs is 1. The fraction of sp³-hybridized carbons (Fsp3) is 0.519. The van der Waals surface area contributed by atoms with Crippen molar-refractivity contribution in [2.45, 2.75) is 72.6 Å². The standard InChI is InChI=1S/C27H33F3N4OS/c1-15(2)34-12-10-26(6,11-13-34)24(35)22-14-20-23(36-22)18(5)32-33-25(20)31-17(4)19-8-7-9-21(16(19)3)27(28,29)30/h7-9,14-15,17H,10-13H2,1-6H3,(H,31,33)/t17-/m1/s1. The van der Waals surface area contributed by atoms with Crippen molar-refractivity contribution in [3.8, 4) is 0 Å². The second-order valence-electron chi connectivity index (χ2n) is 10.4. The summed E-state index contributed by atoms with van der Waals surface area (Å²) >= 11 is 1.42. The predicted molar refractivity (Wildman–Crippen MR) is 139 cm³/mol. The summed E-state index contributed by atoms with van der Waals surface area (Å²) < 4.78 is 41.1. The molecule has 9 heteroatoms. The molecular formula is C27H33F3N4OS. The average Bonchev–Trinajstić information content (AvgIpc) is 3.26. The third-order valence-electron chi connectivity index (χ3n) is 7.52. The maximum absolute atomic E-state index is 13.6. The summed E-state index contributed by atoms with van der Waals surface area (Å²) in [5.74, 6) is 0.606. The zero-order valence-electron chi connectivity index (χ0n) is 21.6. The first-order valence-electron chi connectivity index (χ1n) is 12.3. The molecule has 1 aliphatic rings. The van der Waals surface area contributed by atoms with Crippen LogP contribution in [0.15, 0.2) is 24.3 Å². The molecule has 5 nitrogen and oxygen atoms in total. The first-order chi connectivity index (χ1) is 16.8. The lowest BCUT2D eigenvalue weighted by atomic mass is 9.76. The third kappa shape index (κ3) is 5.00. The summed E-state index contributed by atoms with van der Waals surface area (Å²) in [6.45, 7) is 13.3. The summed E-state index contributed by atoms with van der Waals surface area (Å²) in [7, 11) is 0. The number of hydrogen-bond acceptors (Lipinski definition) is 6. The molecular weight excluding hydrogens is 485 g/mol. The van der Waals surface area contributed by atoms with Crippen LogP contribution in [0.2, 0.25) is 0 Å². The fourth-order valence-corrected chi connectivity index (χ4v) is 6.24. The Kier molecular flexibility index (Phi) is 7.18. The minimum atomic E-state index is -4.42. The molecule has 36 heavy (non-hydrogen) atoms. The number of halogens is 3. The minimum absolute atomic E-state index is 0.138. The number of nitrogens with one attached hydrogen (secondary N) is 1. The van der Waals surface area contributed by atoms with E-state index in [1.165, 1.54) is 24.3 Å². The van der Waals surface area contributed by atoms with E-state index in [2.05, 4.69) is 41.2 Å². The van der Waals surface area contributed by atoms with Crippen LogP contribution in [0.5, 0.6) is 0 Å². The first-order valence-corrected chi connectivity index (χ1v) is 13.1. The van der Waals surface area contributed by atoms with E-state index in [-0.39, 0.29) is 11.3 Å². The van der Waals surface area contributed by atoms with Crippen LogP contribution < -0.4 is 5.32 Å². The number of nitrogens with zero attached hydrogens (tertiary/aromatic N) is 3. The van der Waals surface area contributed by atoms with Crippen LogP contribution in [0.4, 0.5) is 19.0 Å². The molecule has 4 rings (SSSR count). The highest BCUT2D eigenvalue weighted by atomic mass is 32.1.